The fourth-order valence-electron chi connectivity index (χ4n) is 8.83. The van der Waals surface area contributed by atoms with Crippen LogP contribution in [0.1, 0.15) is 0 Å². The monoisotopic (exact) mass is 793 g/mol. The van der Waals surface area contributed by atoms with Gasteiger partial charge in [0, 0.05) is 36.9 Å². The number of fused-ring (bicyclic) bond motifs is 9. The van der Waals surface area contributed by atoms with Crippen molar-refractivity contribution in [2.45, 2.75) is 0 Å². The molecule has 0 atom stereocenters. The van der Waals surface area contributed by atoms with Crippen LogP contribution in [0.25, 0.3) is 120 Å². The van der Waals surface area contributed by atoms with Gasteiger partial charge in [-0.15, -0.1) is 11.3 Å². The van der Waals surface area contributed by atoms with Gasteiger partial charge in [-0.3, -0.25) is 0 Å². The van der Waals surface area contributed by atoms with E-state index in [1.165, 1.54) is 74.7 Å². The van der Waals surface area contributed by atoms with E-state index in [0.717, 1.165) is 27.8 Å². The molecule has 0 N–H and O–H groups in total. The topological polar surface area (TPSA) is 38.7 Å². The van der Waals surface area contributed by atoms with E-state index in [0.29, 0.717) is 17.5 Å². The molecule has 2 aromatic heterocycles. The fourth-order valence-corrected chi connectivity index (χ4v) is 10.0. The van der Waals surface area contributed by atoms with Crippen LogP contribution in [0.3, 0.4) is 0 Å². The Morgan fingerprint density at radius 1 is 0.213 bits per heavy atom. The Bertz CT molecular complexity index is 3580. The zero-order valence-corrected chi connectivity index (χ0v) is 33.8. The lowest BCUT2D eigenvalue weighted by molar-refractivity contribution is 1.07. The van der Waals surface area contributed by atoms with E-state index < -0.39 is 0 Å². The molecule has 284 valence electrons. The van der Waals surface area contributed by atoms with Crippen molar-refractivity contribution in [1.29, 1.82) is 0 Å². The molecule has 0 fully saturated rings. The number of benzene rings is 10. The van der Waals surface area contributed by atoms with Crippen LogP contribution in [-0.4, -0.2) is 15.0 Å². The number of hydrogen-bond donors (Lipinski definition) is 0. The number of rotatable bonds is 6. The van der Waals surface area contributed by atoms with Crippen LogP contribution in [-0.2, 0) is 0 Å². The van der Waals surface area contributed by atoms with E-state index in [1.807, 2.05) is 29.5 Å². The minimum absolute atomic E-state index is 0.645. The zero-order valence-electron chi connectivity index (χ0n) is 33.0. The van der Waals surface area contributed by atoms with Gasteiger partial charge in [0.15, 0.2) is 17.5 Å². The number of aromatic nitrogens is 3. The van der Waals surface area contributed by atoms with Crippen molar-refractivity contribution in [3.8, 4) is 67.5 Å². The first-order chi connectivity index (χ1) is 30.2. The molecule has 12 aromatic rings. The SMILES string of the molecule is c1ccc(-c2ccc3c(c2)sc2cc(-c4nc(-c5ccccc5)nc(-c5ccc(-c6ccc(-c7ccc8c9ccccc9c9ccccc9c8c7)cc6)cc5)n4)ccc23)cc1. The van der Waals surface area contributed by atoms with Gasteiger partial charge in [0.1, 0.15) is 0 Å². The Morgan fingerprint density at radius 3 is 1.07 bits per heavy atom. The first-order valence-corrected chi connectivity index (χ1v) is 21.4. The average molecular weight is 794 g/mol. The Morgan fingerprint density at radius 2 is 0.525 bits per heavy atom. The summed E-state index contributed by atoms with van der Waals surface area (Å²) < 4.78 is 2.47. The van der Waals surface area contributed by atoms with E-state index in [4.69, 9.17) is 15.0 Å². The van der Waals surface area contributed by atoms with E-state index in [1.54, 1.807) is 0 Å². The molecule has 0 aliphatic rings. The van der Waals surface area contributed by atoms with Crippen LogP contribution in [0, 0.1) is 0 Å². The standard InChI is InChI=1S/C57H35N3S/c1-3-11-36(12-4-1)43-28-31-50-51-32-29-44(35-54(51)61-53(50)34-43)57-59-55(40-13-5-2-6-14-40)58-56(60-57)41-25-23-38(24-26-41)37-19-21-39(22-20-37)42-27-30-49-47-17-8-7-15-45(47)46-16-9-10-18-48(46)52(49)33-42/h1-35H. The highest BCUT2D eigenvalue weighted by Gasteiger charge is 2.16. The van der Waals surface area contributed by atoms with Crippen LogP contribution in [0.15, 0.2) is 212 Å². The normalized spacial score (nSPS) is 11.6. The largest absolute Gasteiger partial charge is 0.208 e. The van der Waals surface area contributed by atoms with Crippen molar-refractivity contribution in [3.63, 3.8) is 0 Å². The van der Waals surface area contributed by atoms with E-state index in [2.05, 4.69) is 194 Å². The average Bonchev–Trinajstić information content (AvgIpc) is 3.72. The van der Waals surface area contributed by atoms with Gasteiger partial charge in [0.05, 0.1) is 0 Å². The van der Waals surface area contributed by atoms with Crippen LogP contribution in [0.5, 0.6) is 0 Å². The first kappa shape index (κ1) is 35.2. The summed E-state index contributed by atoms with van der Waals surface area (Å²) >= 11 is 1.81. The maximum atomic E-state index is 5.10. The van der Waals surface area contributed by atoms with Gasteiger partial charge >= 0.3 is 0 Å². The summed E-state index contributed by atoms with van der Waals surface area (Å²) in [6, 6.07) is 75.9. The third kappa shape index (κ3) is 6.24. The number of thiophene rings is 1. The summed E-state index contributed by atoms with van der Waals surface area (Å²) in [6.45, 7) is 0. The molecule has 4 heteroatoms. The minimum atomic E-state index is 0.645. The molecule has 12 rings (SSSR count). The Balaban J connectivity index is 0.872. The quantitative estimate of drug-likeness (QED) is 0.157. The summed E-state index contributed by atoms with van der Waals surface area (Å²) in [4.78, 5) is 15.2. The summed E-state index contributed by atoms with van der Waals surface area (Å²) in [5, 5.41) is 10.2. The molecule has 0 aliphatic heterocycles. The highest BCUT2D eigenvalue weighted by Crippen LogP contribution is 2.40. The molecule has 2 heterocycles. The lowest BCUT2D eigenvalue weighted by Gasteiger charge is -2.12. The van der Waals surface area contributed by atoms with Crippen LogP contribution in [0.4, 0.5) is 0 Å². The van der Waals surface area contributed by atoms with Gasteiger partial charge in [-0.05, 0) is 83.9 Å². The summed E-state index contributed by atoms with van der Waals surface area (Å²) in [5.74, 6) is 1.95. The summed E-state index contributed by atoms with van der Waals surface area (Å²) in [7, 11) is 0. The Hall–Kier alpha value is -7.79. The number of nitrogens with zero attached hydrogens (tertiary/aromatic N) is 3. The maximum absolute atomic E-state index is 5.10. The zero-order chi connectivity index (χ0) is 40.3. The molecule has 0 spiro atoms. The molecule has 0 aliphatic carbocycles. The van der Waals surface area contributed by atoms with Crippen molar-refractivity contribution >= 4 is 63.8 Å². The van der Waals surface area contributed by atoms with Gasteiger partial charge in [-0.1, -0.05) is 194 Å². The van der Waals surface area contributed by atoms with Gasteiger partial charge in [-0.2, -0.15) is 0 Å². The highest BCUT2D eigenvalue weighted by atomic mass is 32.1. The Kier molecular flexibility index (Phi) is 8.36. The second kappa shape index (κ2) is 14.5. The van der Waals surface area contributed by atoms with E-state index in [-0.39, 0.29) is 0 Å². The van der Waals surface area contributed by atoms with Crippen molar-refractivity contribution in [3.05, 3.63) is 212 Å². The Labute approximate surface area is 356 Å². The van der Waals surface area contributed by atoms with E-state index >= 15 is 0 Å². The third-order valence-electron chi connectivity index (χ3n) is 11.9. The number of hydrogen-bond acceptors (Lipinski definition) is 4. The lowest BCUT2D eigenvalue weighted by Crippen LogP contribution is -2.00. The molecule has 0 amide bonds. The molecule has 3 nitrogen and oxygen atoms in total. The van der Waals surface area contributed by atoms with E-state index in [9.17, 15) is 0 Å². The van der Waals surface area contributed by atoms with Crippen molar-refractivity contribution in [2.24, 2.45) is 0 Å². The van der Waals surface area contributed by atoms with Gasteiger partial charge in [-0.25, -0.2) is 15.0 Å². The summed E-state index contributed by atoms with van der Waals surface area (Å²) in [5.41, 5.74) is 9.99. The second-order valence-corrected chi connectivity index (χ2v) is 16.7. The molecule has 0 bridgehead atoms. The molecule has 61 heavy (non-hydrogen) atoms. The molecule has 0 saturated carbocycles. The molecule has 0 unspecified atom stereocenters. The molecular formula is C57H35N3S. The molecular weight excluding hydrogens is 759 g/mol. The molecule has 0 radical (unpaired) electrons. The molecule has 10 aromatic carbocycles. The summed E-state index contributed by atoms with van der Waals surface area (Å²) in [6.07, 6.45) is 0. The van der Waals surface area contributed by atoms with Crippen LogP contribution >= 0.6 is 11.3 Å². The van der Waals surface area contributed by atoms with Crippen LogP contribution < -0.4 is 0 Å². The van der Waals surface area contributed by atoms with Crippen molar-refractivity contribution in [2.75, 3.05) is 0 Å². The van der Waals surface area contributed by atoms with Gasteiger partial charge in [0.2, 0.25) is 0 Å². The second-order valence-electron chi connectivity index (χ2n) is 15.6. The maximum Gasteiger partial charge on any atom is 0.164 e. The van der Waals surface area contributed by atoms with Crippen molar-refractivity contribution in [1.82, 2.24) is 15.0 Å². The lowest BCUT2D eigenvalue weighted by atomic mass is 9.92. The molecule has 0 saturated heterocycles. The first-order valence-electron chi connectivity index (χ1n) is 20.6. The van der Waals surface area contributed by atoms with Crippen molar-refractivity contribution < 1.29 is 0 Å². The third-order valence-corrected chi connectivity index (χ3v) is 13.1. The smallest absolute Gasteiger partial charge is 0.164 e. The highest BCUT2D eigenvalue weighted by molar-refractivity contribution is 7.25. The van der Waals surface area contributed by atoms with Gasteiger partial charge in [0.25, 0.3) is 0 Å². The fraction of sp³-hybridized carbons (Fsp3) is 0. The van der Waals surface area contributed by atoms with Crippen LogP contribution in [0.2, 0.25) is 0 Å². The predicted octanol–water partition coefficient (Wildman–Crippen LogP) is 15.7. The predicted molar refractivity (Wildman–Crippen MR) is 258 cm³/mol. The van der Waals surface area contributed by atoms with Gasteiger partial charge < -0.3 is 0 Å². The minimum Gasteiger partial charge on any atom is -0.208 e.